The molecule has 0 bridgehead atoms. The van der Waals surface area contributed by atoms with Gasteiger partial charge < -0.3 is 30.0 Å². The van der Waals surface area contributed by atoms with Crippen molar-refractivity contribution in [3.05, 3.63) is 47.4 Å². The summed E-state index contributed by atoms with van der Waals surface area (Å²) >= 11 is 0. The van der Waals surface area contributed by atoms with Crippen LogP contribution in [0.4, 0.5) is 5.69 Å². The van der Waals surface area contributed by atoms with E-state index in [4.69, 9.17) is 14.9 Å². The number of rotatable bonds is 5. The van der Waals surface area contributed by atoms with Gasteiger partial charge in [-0.2, -0.15) is 0 Å². The third kappa shape index (κ3) is 4.29. The van der Waals surface area contributed by atoms with E-state index >= 15 is 0 Å². The number of furan rings is 1. The van der Waals surface area contributed by atoms with E-state index in [0.29, 0.717) is 41.4 Å². The van der Waals surface area contributed by atoms with Crippen LogP contribution in [0, 0.1) is 0 Å². The van der Waals surface area contributed by atoms with Gasteiger partial charge in [0, 0.05) is 31.7 Å². The molecule has 0 saturated carbocycles. The minimum Gasteiger partial charge on any atom is -0.495 e. The number of amides is 2. The second-order valence-corrected chi connectivity index (χ2v) is 6.47. The highest BCUT2D eigenvalue weighted by molar-refractivity contribution is 6.06. The van der Waals surface area contributed by atoms with Gasteiger partial charge >= 0.3 is 0 Å². The Morgan fingerprint density at radius 3 is 2.56 bits per heavy atom. The maximum atomic E-state index is 12.8. The summed E-state index contributed by atoms with van der Waals surface area (Å²) in [6, 6.07) is 6.61. The number of piperazine rings is 1. The molecule has 0 atom stereocenters. The number of carbonyl (C=O) groups excluding carboxylic acids is 2. The molecule has 1 aromatic heterocycles. The van der Waals surface area contributed by atoms with Gasteiger partial charge in [-0.05, 0) is 31.3 Å². The Morgan fingerprint density at radius 1 is 1.19 bits per heavy atom. The fourth-order valence-corrected chi connectivity index (χ4v) is 2.93. The predicted molar refractivity (Wildman–Crippen MR) is 101 cm³/mol. The monoisotopic (exact) mass is 372 g/mol. The number of likely N-dealkylation sites (N-methyl/N-ethyl adjacent to an activating group) is 1. The van der Waals surface area contributed by atoms with Crippen molar-refractivity contribution < 1.29 is 18.7 Å². The molecule has 2 amide bonds. The third-order valence-corrected chi connectivity index (χ3v) is 4.60. The molecule has 1 fully saturated rings. The summed E-state index contributed by atoms with van der Waals surface area (Å²) in [7, 11) is 3.55. The second kappa shape index (κ2) is 8.24. The molecule has 27 heavy (non-hydrogen) atoms. The molecule has 0 radical (unpaired) electrons. The number of nitrogens with one attached hydrogen (secondary N) is 1. The predicted octanol–water partition coefficient (Wildman–Crippen LogP) is 1.39. The largest absolute Gasteiger partial charge is 0.495 e. The second-order valence-electron chi connectivity index (χ2n) is 6.47. The number of carbonyl (C=O) groups is 2. The number of benzene rings is 1. The van der Waals surface area contributed by atoms with Gasteiger partial charge in [0.15, 0.2) is 0 Å². The third-order valence-electron chi connectivity index (χ3n) is 4.60. The van der Waals surface area contributed by atoms with Crippen molar-refractivity contribution in [2.45, 2.75) is 6.54 Å². The van der Waals surface area contributed by atoms with Crippen LogP contribution in [0.1, 0.15) is 26.5 Å². The smallest absolute Gasteiger partial charge is 0.259 e. The Labute approximate surface area is 157 Å². The SMILES string of the molecule is COc1ccc(C(=O)N2CCN(C)CC2)cc1NC(=O)c1coc(CN)c1. The van der Waals surface area contributed by atoms with Crippen molar-refractivity contribution >= 4 is 17.5 Å². The molecule has 0 aliphatic carbocycles. The van der Waals surface area contributed by atoms with Gasteiger partial charge in [-0.1, -0.05) is 0 Å². The van der Waals surface area contributed by atoms with Crippen LogP contribution in [-0.2, 0) is 6.54 Å². The molecule has 1 aliphatic rings. The van der Waals surface area contributed by atoms with E-state index in [2.05, 4.69) is 10.2 Å². The van der Waals surface area contributed by atoms with Gasteiger partial charge in [-0.25, -0.2) is 0 Å². The summed E-state index contributed by atoms with van der Waals surface area (Å²) < 4.78 is 10.5. The quantitative estimate of drug-likeness (QED) is 0.822. The summed E-state index contributed by atoms with van der Waals surface area (Å²) in [5, 5.41) is 2.78. The summed E-state index contributed by atoms with van der Waals surface area (Å²) in [4.78, 5) is 29.2. The summed E-state index contributed by atoms with van der Waals surface area (Å²) in [5.41, 5.74) is 6.79. The average molecular weight is 372 g/mol. The normalized spacial score (nSPS) is 14.9. The molecule has 1 saturated heterocycles. The minimum atomic E-state index is -0.360. The molecule has 144 valence electrons. The Morgan fingerprint density at radius 2 is 1.93 bits per heavy atom. The molecule has 2 heterocycles. The molecule has 1 aliphatic heterocycles. The fourth-order valence-electron chi connectivity index (χ4n) is 2.93. The van der Waals surface area contributed by atoms with E-state index in [-0.39, 0.29) is 18.4 Å². The van der Waals surface area contributed by atoms with Crippen molar-refractivity contribution in [1.82, 2.24) is 9.80 Å². The molecule has 8 heteroatoms. The van der Waals surface area contributed by atoms with Crippen LogP contribution >= 0.6 is 0 Å². The first-order valence-corrected chi connectivity index (χ1v) is 8.76. The van der Waals surface area contributed by atoms with E-state index in [0.717, 1.165) is 13.1 Å². The Balaban J connectivity index is 1.78. The highest BCUT2D eigenvalue weighted by atomic mass is 16.5. The van der Waals surface area contributed by atoms with Gasteiger partial charge in [0.25, 0.3) is 11.8 Å². The highest BCUT2D eigenvalue weighted by Crippen LogP contribution is 2.27. The first kappa shape index (κ1) is 18.9. The maximum Gasteiger partial charge on any atom is 0.259 e. The number of ether oxygens (including phenoxy) is 1. The van der Waals surface area contributed by atoms with Gasteiger partial charge in [-0.15, -0.1) is 0 Å². The summed E-state index contributed by atoms with van der Waals surface area (Å²) in [6.45, 7) is 3.26. The van der Waals surface area contributed by atoms with Crippen LogP contribution in [0.5, 0.6) is 5.75 Å². The number of methoxy groups -OCH3 is 1. The number of anilines is 1. The maximum absolute atomic E-state index is 12.8. The molecule has 8 nitrogen and oxygen atoms in total. The van der Waals surface area contributed by atoms with Crippen molar-refractivity contribution in [3.8, 4) is 5.75 Å². The lowest BCUT2D eigenvalue weighted by molar-refractivity contribution is 0.0664. The first-order chi connectivity index (χ1) is 13.0. The van der Waals surface area contributed by atoms with Gasteiger partial charge in [0.05, 0.1) is 24.9 Å². The van der Waals surface area contributed by atoms with Crippen molar-refractivity contribution in [2.24, 2.45) is 5.73 Å². The van der Waals surface area contributed by atoms with E-state index in [9.17, 15) is 9.59 Å². The number of hydrogen-bond donors (Lipinski definition) is 2. The van der Waals surface area contributed by atoms with E-state index in [1.807, 2.05) is 11.9 Å². The zero-order valence-corrected chi connectivity index (χ0v) is 15.5. The lowest BCUT2D eigenvalue weighted by Crippen LogP contribution is -2.47. The Bertz CT molecular complexity index is 825. The molecule has 1 aromatic carbocycles. The fraction of sp³-hybridized carbons (Fsp3) is 0.368. The summed E-state index contributed by atoms with van der Waals surface area (Å²) in [6.07, 6.45) is 1.35. The zero-order chi connectivity index (χ0) is 19.4. The Kier molecular flexibility index (Phi) is 5.78. The Hall–Kier alpha value is -2.84. The molecule has 3 N–H and O–H groups in total. The van der Waals surface area contributed by atoms with E-state index < -0.39 is 0 Å². The molecule has 2 aromatic rings. The van der Waals surface area contributed by atoms with Crippen molar-refractivity contribution in [2.75, 3.05) is 45.7 Å². The summed E-state index contributed by atoms with van der Waals surface area (Å²) in [5.74, 6) is 0.572. The van der Waals surface area contributed by atoms with Crippen LogP contribution in [0.2, 0.25) is 0 Å². The van der Waals surface area contributed by atoms with Gasteiger partial charge in [0.2, 0.25) is 0 Å². The topological polar surface area (TPSA) is 101 Å². The van der Waals surface area contributed by atoms with E-state index in [1.54, 1.807) is 24.3 Å². The van der Waals surface area contributed by atoms with Crippen molar-refractivity contribution in [3.63, 3.8) is 0 Å². The number of nitrogens with zero attached hydrogens (tertiary/aromatic N) is 2. The lowest BCUT2D eigenvalue weighted by atomic mass is 10.1. The molecule has 3 rings (SSSR count). The first-order valence-electron chi connectivity index (χ1n) is 8.76. The number of nitrogens with two attached hydrogens (primary N) is 1. The minimum absolute atomic E-state index is 0.0602. The van der Waals surface area contributed by atoms with Gasteiger partial charge in [0.1, 0.15) is 17.8 Å². The standard InChI is InChI=1S/C19H24N4O4/c1-22-5-7-23(8-6-22)19(25)13-3-4-17(26-2)16(10-13)21-18(24)14-9-15(11-20)27-12-14/h3-4,9-10,12H,5-8,11,20H2,1-2H3,(H,21,24). The average Bonchev–Trinajstić information content (AvgIpc) is 3.17. The van der Waals surface area contributed by atoms with E-state index in [1.165, 1.54) is 13.4 Å². The van der Waals surface area contributed by atoms with Gasteiger partial charge in [-0.3, -0.25) is 9.59 Å². The van der Waals surface area contributed by atoms with Crippen molar-refractivity contribution in [1.29, 1.82) is 0 Å². The molecular formula is C19H24N4O4. The van der Waals surface area contributed by atoms with Crippen LogP contribution in [0.3, 0.4) is 0 Å². The van der Waals surface area contributed by atoms with Crippen LogP contribution in [0.25, 0.3) is 0 Å². The van der Waals surface area contributed by atoms with Crippen LogP contribution in [-0.4, -0.2) is 62.0 Å². The highest BCUT2D eigenvalue weighted by Gasteiger charge is 2.22. The molecule has 0 unspecified atom stereocenters. The number of hydrogen-bond acceptors (Lipinski definition) is 6. The van der Waals surface area contributed by atoms with Crippen LogP contribution in [0.15, 0.2) is 34.9 Å². The molecular weight excluding hydrogens is 348 g/mol. The molecule has 0 spiro atoms. The van der Waals surface area contributed by atoms with Crippen LogP contribution < -0.4 is 15.8 Å². The lowest BCUT2D eigenvalue weighted by Gasteiger charge is -2.32. The zero-order valence-electron chi connectivity index (χ0n) is 15.5.